The monoisotopic (exact) mass is 292 g/mol. The van der Waals surface area contributed by atoms with Crippen LogP contribution in [0.2, 0.25) is 0 Å². The van der Waals surface area contributed by atoms with Crippen molar-refractivity contribution in [2.45, 2.75) is 25.1 Å². The lowest BCUT2D eigenvalue weighted by Crippen LogP contribution is -2.46. The summed E-state index contributed by atoms with van der Waals surface area (Å²) < 4.78 is 4.83. The van der Waals surface area contributed by atoms with Gasteiger partial charge in [-0.2, -0.15) is 4.40 Å². The molecule has 5 rings (SSSR count). The van der Waals surface area contributed by atoms with Crippen LogP contribution in [-0.2, 0) is 0 Å². The number of para-hydroxylation sites is 1. The number of amidine groups is 1. The summed E-state index contributed by atoms with van der Waals surface area (Å²) in [5.41, 5.74) is 6.84. The van der Waals surface area contributed by atoms with Crippen LogP contribution in [0.1, 0.15) is 30.9 Å². The van der Waals surface area contributed by atoms with Crippen molar-refractivity contribution in [1.29, 1.82) is 0 Å². The smallest absolute Gasteiger partial charge is 0.150 e. The van der Waals surface area contributed by atoms with E-state index < -0.39 is 0 Å². The summed E-state index contributed by atoms with van der Waals surface area (Å²) in [5, 5.41) is 0.442. The first-order valence-corrected chi connectivity index (χ1v) is 8.37. The molecular formula is C18H16N2S. The highest BCUT2D eigenvalue weighted by atomic mass is 32.2. The molecule has 0 aromatic heterocycles. The SMILES string of the molecule is CC1c2cccc3c2N2C(=NSC2C1C)c1ccccc1-3. The molecule has 0 spiro atoms. The minimum absolute atomic E-state index is 0.442. The van der Waals surface area contributed by atoms with E-state index in [2.05, 4.69) is 61.2 Å². The van der Waals surface area contributed by atoms with Crippen LogP contribution in [-0.4, -0.2) is 11.2 Å². The molecule has 3 heteroatoms. The van der Waals surface area contributed by atoms with Crippen molar-refractivity contribution in [3.63, 3.8) is 0 Å². The Kier molecular flexibility index (Phi) is 2.21. The summed E-state index contributed by atoms with van der Waals surface area (Å²) in [4.78, 5) is 2.49. The fraction of sp³-hybridized carbons (Fsp3) is 0.278. The molecule has 0 fully saturated rings. The first-order valence-electron chi connectivity index (χ1n) is 7.53. The Morgan fingerprint density at radius 3 is 2.57 bits per heavy atom. The van der Waals surface area contributed by atoms with Crippen LogP contribution in [0.25, 0.3) is 11.1 Å². The Hall–Kier alpha value is -1.74. The van der Waals surface area contributed by atoms with E-state index in [1.165, 1.54) is 27.9 Å². The van der Waals surface area contributed by atoms with Gasteiger partial charge in [0, 0.05) is 23.1 Å². The Bertz CT molecular complexity index is 796. The van der Waals surface area contributed by atoms with E-state index in [9.17, 15) is 0 Å². The fourth-order valence-electron chi connectivity index (χ4n) is 3.92. The van der Waals surface area contributed by atoms with Crippen LogP contribution in [0.5, 0.6) is 0 Å². The molecule has 3 heterocycles. The molecule has 0 saturated heterocycles. The van der Waals surface area contributed by atoms with Gasteiger partial charge in [0.15, 0.2) is 0 Å². The molecule has 2 aromatic rings. The standard InChI is InChI=1S/C18H16N2S/c1-10-11(2)18-20-16-12(10)8-5-9-14(16)13-6-3-4-7-15(13)17(20)19-21-18/h3-11,18H,1-2H3. The van der Waals surface area contributed by atoms with Crippen LogP contribution in [0.3, 0.4) is 0 Å². The second kappa shape index (κ2) is 3.92. The van der Waals surface area contributed by atoms with Crippen LogP contribution < -0.4 is 4.90 Å². The zero-order valence-corrected chi connectivity index (χ0v) is 12.9. The lowest BCUT2D eigenvalue weighted by Gasteiger charge is -2.44. The van der Waals surface area contributed by atoms with Gasteiger partial charge in [-0.05, 0) is 23.0 Å². The Labute approximate surface area is 129 Å². The first kappa shape index (κ1) is 11.9. The van der Waals surface area contributed by atoms with Gasteiger partial charge in [0.05, 0.1) is 5.69 Å². The van der Waals surface area contributed by atoms with E-state index in [-0.39, 0.29) is 0 Å². The molecule has 0 bridgehead atoms. The molecule has 0 radical (unpaired) electrons. The summed E-state index contributed by atoms with van der Waals surface area (Å²) in [7, 11) is 0. The molecular weight excluding hydrogens is 276 g/mol. The van der Waals surface area contributed by atoms with Crippen LogP contribution in [0, 0.1) is 5.92 Å². The number of hydrogen-bond donors (Lipinski definition) is 0. The highest BCUT2D eigenvalue weighted by molar-refractivity contribution is 7.99. The predicted molar refractivity (Wildman–Crippen MR) is 89.9 cm³/mol. The van der Waals surface area contributed by atoms with Gasteiger partial charge < -0.3 is 4.90 Å². The molecule has 2 nitrogen and oxygen atoms in total. The van der Waals surface area contributed by atoms with Crippen molar-refractivity contribution >= 4 is 23.5 Å². The van der Waals surface area contributed by atoms with Crippen molar-refractivity contribution in [2.24, 2.45) is 10.3 Å². The number of hydrogen-bond acceptors (Lipinski definition) is 3. The number of rotatable bonds is 0. The lowest BCUT2D eigenvalue weighted by molar-refractivity contribution is 0.457. The maximum absolute atomic E-state index is 4.83. The van der Waals surface area contributed by atoms with E-state index in [0.717, 1.165) is 5.84 Å². The molecule has 0 N–H and O–H groups in total. The van der Waals surface area contributed by atoms with E-state index in [1.807, 2.05) is 0 Å². The number of nitrogens with zero attached hydrogens (tertiary/aromatic N) is 2. The van der Waals surface area contributed by atoms with Gasteiger partial charge in [-0.3, -0.25) is 0 Å². The quantitative estimate of drug-likeness (QED) is 0.656. The molecule has 0 aliphatic carbocycles. The van der Waals surface area contributed by atoms with Gasteiger partial charge in [0.1, 0.15) is 11.2 Å². The van der Waals surface area contributed by atoms with Gasteiger partial charge in [-0.1, -0.05) is 56.3 Å². The maximum Gasteiger partial charge on any atom is 0.150 e. The topological polar surface area (TPSA) is 15.6 Å². The number of fused-ring (bicyclic) bond motifs is 3. The normalized spacial score (nSPS) is 28.0. The largest absolute Gasteiger partial charge is 0.310 e. The highest BCUT2D eigenvalue weighted by Crippen LogP contribution is 2.55. The molecule has 3 atom stereocenters. The van der Waals surface area contributed by atoms with Crippen molar-refractivity contribution in [3.8, 4) is 11.1 Å². The fourth-order valence-corrected chi connectivity index (χ4v) is 5.04. The third-order valence-corrected chi connectivity index (χ3v) is 6.36. The van der Waals surface area contributed by atoms with Crippen LogP contribution in [0.15, 0.2) is 46.9 Å². The number of anilines is 1. The van der Waals surface area contributed by atoms with Crippen molar-refractivity contribution in [3.05, 3.63) is 53.6 Å². The maximum atomic E-state index is 4.83. The molecule has 21 heavy (non-hydrogen) atoms. The van der Waals surface area contributed by atoms with Gasteiger partial charge >= 0.3 is 0 Å². The van der Waals surface area contributed by atoms with Crippen LogP contribution in [0.4, 0.5) is 5.69 Å². The molecule has 104 valence electrons. The second-order valence-corrected chi connectivity index (χ2v) is 7.09. The Balaban J connectivity index is 1.91. The average molecular weight is 292 g/mol. The summed E-state index contributed by atoms with van der Waals surface area (Å²) in [6.45, 7) is 4.72. The molecule has 3 aliphatic heterocycles. The highest BCUT2D eigenvalue weighted by Gasteiger charge is 2.46. The van der Waals surface area contributed by atoms with E-state index in [1.54, 1.807) is 11.9 Å². The molecule has 3 aliphatic rings. The Morgan fingerprint density at radius 2 is 1.71 bits per heavy atom. The van der Waals surface area contributed by atoms with Crippen molar-refractivity contribution < 1.29 is 0 Å². The zero-order valence-electron chi connectivity index (χ0n) is 12.1. The minimum atomic E-state index is 0.442. The molecule has 2 aromatic carbocycles. The summed E-state index contributed by atoms with van der Waals surface area (Å²) in [6, 6.07) is 15.4. The van der Waals surface area contributed by atoms with Gasteiger partial charge in [0.2, 0.25) is 0 Å². The third kappa shape index (κ3) is 1.33. The average Bonchev–Trinajstić information content (AvgIpc) is 2.98. The first-order chi connectivity index (χ1) is 10.3. The number of benzene rings is 2. The van der Waals surface area contributed by atoms with Gasteiger partial charge in [-0.25, -0.2) is 0 Å². The van der Waals surface area contributed by atoms with E-state index >= 15 is 0 Å². The van der Waals surface area contributed by atoms with E-state index in [0.29, 0.717) is 17.2 Å². The summed E-state index contributed by atoms with van der Waals surface area (Å²) >= 11 is 1.75. The third-order valence-electron chi connectivity index (χ3n) is 5.23. The zero-order chi connectivity index (χ0) is 14.1. The van der Waals surface area contributed by atoms with Crippen molar-refractivity contribution in [1.82, 2.24) is 0 Å². The Morgan fingerprint density at radius 1 is 0.952 bits per heavy atom. The van der Waals surface area contributed by atoms with Gasteiger partial charge in [0.25, 0.3) is 0 Å². The van der Waals surface area contributed by atoms with E-state index in [4.69, 9.17) is 4.40 Å². The molecule has 0 saturated carbocycles. The molecule has 3 unspecified atom stereocenters. The predicted octanol–water partition coefficient (Wildman–Crippen LogP) is 4.66. The van der Waals surface area contributed by atoms with Crippen LogP contribution >= 0.6 is 11.9 Å². The van der Waals surface area contributed by atoms with Crippen molar-refractivity contribution in [2.75, 3.05) is 4.90 Å². The summed E-state index contributed by atoms with van der Waals surface area (Å²) in [6.07, 6.45) is 0. The minimum Gasteiger partial charge on any atom is -0.310 e. The lowest BCUT2D eigenvalue weighted by atomic mass is 9.78. The second-order valence-electron chi connectivity index (χ2n) is 6.22. The molecule has 0 amide bonds. The van der Waals surface area contributed by atoms with Gasteiger partial charge in [-0.15, -0.1) is 0 Å². The summed E-state index contributed by atoms with van der Waals surface area (Å²) in [5.74, 6) is 2.33.